The summed E-state index contributed by atoms with van der Waals surface area (Å²) in [5.41, 5.74) is 1.14. The van der Waals surface area contributed by atoms with Crippen LogP contribution in [0.5, 0.6) is 0 Å². The predicted octanol–water partition coefficient (Wildman–Crippen LogP) is -1.04. The molecule has 0 aromatic heterocycles. The topological polar surface area (TPSA) is 60.2 Å². The van der Waals surface area contributed by atoms with Crippen LogP contribution in [0.15, 0.2) is 29.2 Å². The molecule has 0 bridgehead atoms. The Morgan fingerprint density at radius 3 is 2.13 bits per heavy atom. The maximum atomic E-state index is 11.0. The van der Waals surface area contributed by atoms with E-state index in [9.17, 15) is 8.42 Å². The average Bonchev–Trinajstić information content (AvgIpc) is 2.15. The van der Waals surface area contributed by atoms with Gasteiger partial charge in [-0.25, -0.2) is 13.6 Å². The normalized spacial score (nSPS) is 13.0. The average molecular weight is 253 g/mol. The molecule has 80 valence electrons. The second kappa shape index (κ2) is 6.49. The van der Waals surface area contributed by atoms with E-state index >= 15 is 0 Å². The number of rotatable bonds is 3. The van der Waals surface area contributed by atoms with Crippen molar-refractivity contribution in [1.82, 2.24) is 0 Å². The summed E-state index contributed by atoms with van der Waals surface area (Å²) in [5, 5.41) is 4.99. The molecule has 0 radical (unpaired) electrons. The molecular weight excluding hydrogens is 237 g/mol. The Balaban J connectivity index is 0. The summed E-state index contributed by atoms with van der Waals surface area (Å²) in [6, 6.07) is 6.73. The van der Waals surface area contributed by atoms with Gasteiger partial charge in [-0.1, -0.05) is 26.0 Å². The van der Waals surface area contributed by atoms with Crippen LogP contribution in [0.2, 0.25) is 0 Å². The van der Waals surface area contributed by atoms with Crippen LogP contribution in [0.4, 0.5) is 0 Å². The molecule has 0 spiro atoms. The summed E-state index contributed by atoms with van der Waals surface area (Å²) in [6.45, 7) is 4.20. The minimum atomic E-state index is -3.55. The summed E-state index contributed by atoms with van der Waals surface area (Å²) in [5.74, 6) is 0.449. The molecule has 0 aliphatic carbocycles. The Morgan fingerprint density at radius 2 is 1.80 bits per heavy atom. The van der Waals surface area contributed by atoms with Gasteiger partial charge in [-0.2, -0.15) is 0 Å². The molecular formula is C10H16KNO2S. The largest absolute Gasteiger partial charge is 1.00 e. The summed E-state index contributed by atoms with van der Waals surface area (Å²) >= 11 is 0. The van der Waals surface area contributed by atoms with E-state index < -0.39 is 10.0 Å². The molecule has 0 amide bonds. The van der Waals surface area contributed by atoms with Gasteiger partial charge in [-0.3, -0.25) is 0 Å². The summed E-state index contributed by atoms with van der Waals surface area (Å²) in [6.07, 6.45) is 1.04. The number of hydrogen-bond acceptors (Lipinski definition) is 2. The van der Waals surface area contributed by atoms with Gasteiger partial charge in [-0.05, 0) is 30.0 Å². The van der Waals surface area contributed by atoms with E-state index in [0.29, 0.717) is 5.92 Å². The zero-order valence-electron chi connectivity index (χ0n) is 10.4. The van der Waals surface area contributed by atoms with Crippen LogP contribution in [-0.4, -0.2) is 8.42 Å². The van der Waals surface area contributed by atoms with Crippen LogP contribution in [0.3, 0.4) is 0 Å². The van der Waals surface area contributed by atoms with E-state index in [1.54, 1.807) is 12.1 Å². The predicted molar refractivity (Wildman–Crippen MR) is 57.6 cm³/mol. The van der Waals surface area contributed by atoms with Crippen molar-refractivity contribution in [2.24, 2.45) is 5.14 Å². The van der Waals surface area contributed by atoms with Gasteiger partial charge in [0.2, 0.25) is 10.0 Å². The molecule has 1 aromatic carbocycles. The van der Waals surface area contributed by atoms with Crippen LogP contribution in [0, 0.1) is 0 Å². The van der Waals surface area contributed by atoms with Gasteiger partial charge in [0, 0.05) is 0 Å². The quantitative estimate of drug-likeness (QED) is 0.700. The maximum Gasteiger partial charge on any atom is 1.00 e. The Kier molecular flexibility index (Phi) is 6.82. The number of sulfonamides is 1. The number of nitrogens with two attached hydrogens (primary N) is 1. The summed E-state index contributed by atoms with van der Waals surface area (Å²) < 4.78 is 21.9. The third kappa shape index (κ3) is 4.64. The molecule has 0 heterocycles. The monoisotopic (exact) mass is 253 g/mol. The van der Waals surface area contributed by atoms with Crippen molar-refractivity contribution < 1.29 is 61.2 Å². The molecule has 5 heteroatoms. The van der Waals surface area contributed by atoms with Crippen LogP contribution in [-0.2, 0) is 10.0 Å². The van der Waals surface area contributed by atoms with Crippen molar-refractivity contribution >= 4 is 10.0 Å². The number of hydrogen-bond donors (Lipinski definition) is 1. The molecule has 15 heavy (non-hydrogen) atoms. The summed E-state index contributed by atoms with van der Waals surface area (Å²) in [7, 11) is -3.55. The standard InChI is InChI=1S/C10H15NO2S.K.H/c1-3-8(2)9-4-6-10(7-5-9)14(11,12)13;;/h4-8H,3H2,1-2H3,(H2,11,12,13);;/q;+1;-1. The molecule has 0 fully saturated rings. The fourth-order valence-electron chi connectivity index (χ4n) is 1.22. The Bertz CT molecular complexity index is 405. The van der Waals surface area contributed by atoms with Gasteiger partial charge in [0.1, 0.15) is 0 Å². The number of primary sulfonamides is 1. The van der Waals surface area contributed by atoms with Crippen molar-refractivity contribution in [2.75, 3.05) is 0 Å². The third-order valence-electron chi connectivity index (χ3n) is 2.39. The van der Waals surface area contributed by atoms with Crippen molar-refractivity contribution in [2.45, 2.75) is 31.1 Å². The molecule has 2 N–H and O–H groups in total. The van der Waals surface area contributed by atoms with Gasteiger partial charge in [0.05, 0.1) is 4.90 Å². The van der Waals surface area contributed by atoms with Crippen LogP contribution in [0.25, 0.3) is 0 Å². The SMILES string of the molecule is CCC(C)c1ccc(S(N)(=O)=O)cc1.[H-].[K+]. The Morgan fingerprint density at radius 1 is 1.33 bits per heavy atom. The van der Waals surface area contributed by atoms with E-state index in [1.165, 1.54) is 0 Å². The first-order chi connectivity index (χ1) is 6.45. The van der Waals surface area contributed by atoms with Gasteiger partial charge in [0.25, 0.3) is 0 Å². The van der Waals surface area contributed by atoms with Crippen molar-refractivity contribution in [3.63, 3.8) is 0 Å². The van der Waals surface area contributed by atoms with Crippen molar-refractivity contribution in [3.05, 3.63) is 29.8 Å². The maximum absolute atomic E-state index is 11.0. The minimum Gasteiger partial charge on any atom is -1.00 e. The van der Waals surface area contributed by atoms with Gasteiger partial charge in [-0.15, -0.1) is 0 Å². The first-order valence-electron chi connectivity index (χ1n) is 4.58. The van der Waals surface area contributed by atoms with Crippen LogP contribution >= 0.6 is 0 Å². The summed E-state index contributed by atoms with van der Waals surface area (Å²) in [4.78, 5) is 0.171. The smallest absolute Gasteiger partial charge is 1.00 e. The van der Waals surface area contributed by atoms with Crippen LogP contribution < -0.4 is 56.5 Å². The zero-order valence-corrected chi connectivity index (χ0v) is 13.3. The molecule has 1 atom stereocenters. The van der Waals surface area contributed by atoms with E-state index in [2.05, 4.69) is 13.8 Å². The van der Waals surface area contributed by atoms with E-state index in [0.717, 1.165) is 12.0 Å². The van der Waals surface area contributed by atoms with Gasteiger partial charge in [0.15, 0.2) is 0 Å². The molecule has 1 unspecified atom stereocenters. The molecule has 3 nitrogen and oxygen atoms in total. The fourth-order valence-corrected chi connectivity index (χ4v) is 1.74. The minimum absolute atomic E-state index is 0. The molecule has 1 aromatic rings. The van der Waals surface area contributed by atoms with Crippen molar-refractivity contribution in [3.8, 4) is 0 Å². The molecule has 0 aliphatic rings. The molecule has 0 saturated carbocycles. The first-order valence-corrected chi connectivity index (χ1v) is 6.12. The molecule has 0 saturated heterocycles. The van der Waals surface area contributed by atoms with E-state index in [-0.39, 0.29) is 57.7 Å². The van der Waals surface area contributed by atoms with Gasteiger partial charge < -0.3 is 1.43 Å². The van der Waals surface area contributed by atoms with E-state index in [1.807, 2.05) is 12.1 Å². The molecule has 0 aliphatic heterocycles. The van der Waals surface area contributed by atoms with Gasteiger partial charge >= 0.3 is 51.4 Å². The second-order valence-corrected chi connectivity index (χ2v) is 4.98. The fraction of sp³-hybridized carbons (Fsp3) is 0.400. The van der Waals surface area contributed by atoms with E-state index in [4.69, 9.17) is 5.14 Å². The number of benzene rings is 1. The van der Waals surface area contributed by atoms with Crippen LogP contribution in [0.1, 0.15) is 33.2 Å². The third-order valence-corrected chi connectivity index (χ3v) is 3.32. The van der Waals surface area contributed by atoms with Crippen molar-refractivity contribution in [1.29, 1.82) is 0 Å². The molecule has 1 rings (SSSR count). The second-order valence-electron chi connectivity index (χ2n) is 3.42. The Labute approximate surface area is 135 Å². The Hall–Kier alpha value is 0.766. The zero-order chi connectivity index (χ0) is 10.8. The first kappa shape index (κ1) is 15.8.